The molecule has 0 heterocycles. The lowest BCUT2D eigenvalue weighted by molar-refractivity contribution is 0.579. The highest BCUT2D eigenvalue weighted by Crippen LogP contribution is 2.24. The summed E-state index contributed by atoms with van der Waals surface area (Å²) in [5, 5.41) is 0. The maximum atomic E-state index is 12.5. The summed E-state index contributed by atoms with van der Waals surface area (Å²) in [5.74, 6) is 0. The molecule has 2 N–H and O–H groups in total. The van der Waals surface area contributed by atoms with Crippen molar-refractivity contribution in [3.8, 4) is 0 Å². The van der Waals surface area contributed by atoms with E-state index in [0.717, 1.165) is 12.0 Å². The van der Waals surface area contributed by atoms with Crippen LogP contribution in [0.3, 0.4) is 0 Å². The molecule has 25 heavy (non-hydrogen) atoms. The fourth-order valence-corrected chi connectivity index (χ4v) is 4.55. The van der Waals surface area contributed by atoms with Gasteiger partial charge in [-0.25, -0.2) is 21.6 Å². The molecule has 0 atom stereocenters. The summed E-state index contributed by atoms with van der Waals surface area (Å²) < 4.78 is 54.8. The fourth-order valence-electron chi connectivity index (χ4n) is 2.17. The van der Waals surface area contributed by atoms with Crippen LogP contribution in [0.4, 0.5) is 5.69 Å². The smallest absolute Gasteiger partial charge is 0.261 e. The molecule has 0 fully saturated rings. The van der Waals surface area contributed by atoms with Gasteiger partial charge in [0.15, 0.2) is 0 Å². The lowest BCUT2D eigenvalue weighted by Crippen LogP contribution is -2.26. The van der Waals surface area contributed by atoms with Crippen LogP contribution in [0.5, 0.6) is 0 Å². The molecule has 6 nitrogen and oxygen atoms in total. The van der Waals surface area contributed by atoms with Crippen molar-refractivity contribution < 1.29 is 16.8 Å². The normalized spacial score (nSPS) is 12.1. The molecule has 0 amide bonds. The summed E-state index contributed by atoms with van der Waals surface area (Å²) in [4.78, 5) is -0.0222. The highest BCUT2D eigenvalue weighted by Gasteiger charge is 2.22. The molecule has 8 heteroatoms. The molecule has 0 radical (unpaired) electrons. The van der Waals surface area contributed by atoms with E-state index in [4.69, 9.17) is 0 Å². The molecule has 0 aliphatic rings. The van der Waals surface area contributed by atoms with Crippen LogP contribution in [-0.4, -0.2) is 23.4 Å². The Balaban J connectivity index is 2.33. The molecular weight excluding hydrogens is 360 g/mol. The van der Waals surface area contributed by atoms with E-state index in [-0.39, 0.29) is 15.5 Å². The van der Waals surface area contributed by atoms with Gasteiger partial charge in [-0.05, 0) is 37.6 Å². The number of benzene rings is 2. The molecule has 2 rings (SSSR count). The Morgan fingerprint density at radius 2 is 1.52 bits per heavy atom. The van der Waals surface area contributed by atoms with Gasteiger partial charge in [0.1, 0.15) is 4.90 Å². The standard InChI is InChI=1S/C17H22N2O4S2/c1-3-4-13-18-25(22,23)17-8-6-5-7-16(17)19-24(20,21)15-11-9-14(2)10-12-15/h5-12,18-19H,3-4,13H2,1-2H3. The summed E-state index contributed by atoms with van der Waals surface area (Å²) in [6, 6.07) is 12.3. The second-order valence-corrected chi connectivity index (χ2v) is 9.08. The minimum atomic E-state index is -3.88. The molecule has 2 aromatic rings. The van der Waals surface area contributed by atoms with Crippen LogP contribution in [0, 0.1) is 6.92 Å². The van der Waals surface area contributed by atoms with Gasteiger partial charge in [0.2, 0.25) is 10.0 Å². The quantitative estimate of drug-likeness (QED) is 0.687. The predicted molar refractivity (Wildman–Crippen MR) is 98.5 cm³/mol. The first-order valence-electron chi connectivity index (χ1n) is 7.94. The number of hydrogen-bond acceptors (Lipinski definition) is 4. The Morgan fingerprint density at radius 3 is 2.16 bits per heavy atom. The molecule has 0 saturated heterocycles. The van der Waals surface area contributed by atoms with Crippen molar-refractivity contribution in [1.82, 2.24) is 4.72 Å². The highest BCUT2D eigenvalue weighted by atomic mass is 32.2. The van der Waals surface area contributed by atoms with E-state index < -0.39 is 20.0 Å². The van der Waals surface area contributed by atoms with Crippen LogP contribution in [-0.2, 0) is 20.0 Å². The van der Waals surface area contributed by atoms with Crippen molar-refractivity contribution in [3.63, 3.8) is 0 Å². The molecule has 0 saturated carbocycles. The summed E-state index contributed by atoms with van der Waals surface area (Å²) in [7, 11) is -7.68. The van der Waals surface area contributed by atoms with Gasteiger partial charge in [0.05, 0.1) is 10.6 Å². The summed E-state index contributed by atoms with van der Waals surface area (Å²) in [6.45, 7) is 4.11. The number of para-hydroxylation sites is 1. The summed E-state index contributed by atoms with van der Waals surface area (Å²) in [6.07, 6.45) is 1.56. The Hall–Kier alpha value is -1.90. The maximum absolute atomic E-state index is 12.5. The molecule has 136 valence electrons. The first kappa shape index (κ1) is 19.4. The fraction of sp³-hybridized carbons (Fsp3) is 0.294. The van der Waals surface area contributed by atoms with Gasteiger partial charge in [-0.1, -0.05) is 43.2 Å². The summed E-state index contributed by atoms with van der Waals surface area (Å²) >= 11 is 0. The lowest BCUT2D eigenvalue weighted by atomic mass is 10.2. The SMILES string of the molecule is CCCCNS(=O)(=O)c1ccccc1NS(=O)(=O)c1ccc(C)cc1. The van der Waals surface area contributed by atoms with Crippen molar-refractivity contribution in [3.05, 3.63) is 54.1 Å². The van der Waals surface area contributed by atoms with E-state index in [9.17, 15) is 16.8 Å². The topological polar surface area (TPSA) is 92.3 Å². The third-order valence-electron chi connectivity index (χ3n) is 3.57. The second-order valence-electron chi connectivity index (χ2n) is 5.67. The number of anilines is 1. The van der Waals surface area contributed by atoms with Crippen LogP contribution in [0.2, 0.25) is 0 Å². The van der Waals surface area contributed by atoms with Crippen molar-refractivity contribution in [2.75, 3.05) is 11.3 Å². The first-order valence-corrected chi connectivity index (χ1v) is 10.9. The van der Waals surface area contributed by atoms with Crippen molar-refractivity contribution in [1.29, 1.82) is 0 Å². The Labute approximate surface area is 149 Å². The Morgan fingerprint density at radius 1 is 0.880 bits per heavy atom. The zero-order valence-electron chi connectivity index (χ0n) is 14.2. The lowest BCUT2D eigenvalue weighted by Gasteiger charge is -2.13. The molecule has 0 aliphatic carbocycles. The van der Waals surface area contributed by atoms with E-state index in [1.54, 1.807) is 24.3 Å². The van der Waals surface area contributed by atoms with Gasteiger partial charge < -0.3 is 0 Å². The third kappa shape index (κ3) is 5.04. The third-order valence-corrected chi connectivity index (χ3v) is 6.48. The van der Waals surface area contributed by atoms with Gasteiger partial charge in [0.25, 0.3) is 10.0 Å². The highest BCUT2D eigenvalue weighted by molar-refractivity contribution is 7.93. The first-order chi connectivity index (χ1) is 11.8. The van der Waals surface area contributed by atoms with Crippen molar-refractivity contribution in [2.24, 2.45) is 0 Å². The molecule has 0 unspecified atom stereocenters. The molecular formula is C17H22N2O4S2. The summed E-state index contributed by atoms with van der Waals surface area (Å²) in [5.41, 5.74) is 0.953. The zero-order chi connectivity index (χ0) is 18.5. The van der Waals surface area contributed by atoms with Gasteiger partial charge in [0, 0.05) is 6.54 Å². The number of sulfonamides is 2. The van der Waals surface area contributed by atoms with E-state index in [1.807, 2.05) is 13.8 Å². The minimum absolute atomic E-state index is 0.0204. The average molecular weight is 383 g/mol. The Bertz CT molecular complexity index is 921. The minimum Gasteiger partial charge on any atom is -0.278 e. The van der Waals surface area contributed by atoms with Crippen LogP contribution in [0.15, 0.2) is 58.3 Å². The van der Waals surface area contributed by atoms with E-state index in [2.05, 4.69) is 9.44 Å². The van der Waals surface area contributed by atoms with E-state index in [0.29, 0.717) is 13.0 Å². The molecule has 0 bridgehead atoms. The van der Waals surface area contributed by atoms with Crippen LogP contribution in [0.1, 0.15) is 25.3 Å². The number of aryl methyl sites for hydroxylation is 1. The van der Waals surface area contributed by atoms with E-state index >= 15 is 0 Å². The second kappa shape index (κ2) is 7.99. The number of nitrogens with one attached hydrogen (secondary N) is 2. The molecule has 0 aromatic heterocycles. The van der Waals surface area contributed by atoms with Gasteiger partial charge in [-0.2, -0.15) is 0 Å². The van der Waals surface area contributed by atoms with E-state index in [1.165, 1.54) is 24.3 Å². The number of unbranched alkanes of at least 4 members (excludes halogenated alkanes) is 1. The molecule has 0 spiro atoms. The molecule has 0 aliphatic heterocycles. The Kier molecular flexibility index (Phi) is 6.21. The molecule has 2 aromatic carbocycles. The van der Waals surface area contributed by atoms with Gasteiger partial charge >= 0.3 is 0 Å². The average Bonchev–Trinajstić information content (AvgIpc) is 2.55. The maximum Gasteiger partial charge on any atom is 0.261 e. The largest absolute Gasteiger partial charge is 0.278 e. The van der Waals surface area contributed by atoms with Crippen LogP contribution < -0.4 is 9.44 Å². The zero-order valence-corrected chi connectivity index (χ0v) is 15.8. The predicted octanol–water partition coefficient (Wildman–Crippen LogP) is 2.87. The van der Waals surface area contributed by atoms with Crippen molar-refractivity contribution >= 4 is 25.7 Å². The monoisotopic (exact) mass is 382 g/mol. The van der Waals surface area contributed by atoms with Crippen molar-refractivity contribution in [2.45, 2.75) is 36.5 Å². The van der Waals surface area contributed by atoms with Gasteiger partial charge in [-0.15, -0.1) is 0 Å². The van der Waals surface area contributed by atoms with Crippen LogP contribution >= 0.6 is 0 Å². The number of rotatable bonds is 8. The van der Waals surface area contributed by atoms with Crippen LogP contribution in [0.25, 0.3) is 0 Å². The van der Waals surface area contributed by atoms with Gasteiger partial charge in [-0.3, -0.25) is 4.72 Å². The number of hydrogen-bond donors (Lipinski definition) is 2.